The first-order chi connectivity index (χ1) is 8.43. The molecule has 84 valence electrons. The first kappa shape index (κ1) is 9.77. The second-order valence-corrected chi connectivity index (χ2v) is 3.52. The van der Waals surface area contributed by atoms with E-state index in [0.29, 0.717) is 12.5 Å². The van der Waals surface area contributed by atoms with Gasteiger partial charge in [-0.1, -0.05) is 12.1 Å². The Kier molecular flexibility index (Phi) is 2.42. The fraction of sp³-hybridized carbons (Fsp3) is 0.0833. The van der Waals surface area contributed by atoms with E-state index in [4.69, 9.17) is 4.74 Å². The predicted molar refractivity (Wildman–Crippen MR) is 61.6 cm³/mol. The molecule has 3 aromatic heterocycles. The Morgan fingerprint density at radius 1 is 1.12 bits per heavy atom. The first-order valence-corrected chi connectivity index (χ1v) is 5.24. The molecule has 0 bridgehead atoms. The Morgan fingerprint density at radius 3 is 3.00 bits per heavy atom. The van der Waals surface area contributed by atoms with E-state index in [-0.39, 0.29) is 0 Å². The van der Waals surface area contributed by atoms with E-state index in [2.05, 4.69) is 15.1 Å². The van der Waals surface area contributed by atoms with Gasteiger partial charge < -0.3 is 4.74 Å². The minimum atomic E-state index is 0.431. The third-order valence-electron chi connectivity index (χ3n) is 2.40. The van der Waals surface area contributed by atoms with Gasteiger partial charge in [-0.3, -0.25) is 0 Å². The van der Waals surface area contributed by atoms with E-state index in [1.807, 2.05) is 36.5 Å². The van der Waals surface area contributed by atoms with E-state index in [1.165, 1.54) is 6.33 Å². The Balaban J connectivity index is 1.84. The van der Waals surface area contributed by atoms with Gasteiger partial charge in [0, 0.05) is 24.0 Å². The average Bonchev–Trinajstić information content (AvgIpc) is 2.86. The highest BCUT2D eigenvalue weighted by molar-refractivity contribution is 5.45. The van der Waals surface area contributed by atoms with Crippen LogP contribution in [0.15, 0.2) is 49.1 Å². The monoisotopic (exact) mass is 226 g/mol. The van der Waals surface area contributed by atoms with E-state index < -0.39 is 0 Å². The molecule has 0 aliphatic heterocycles. The molecule has 0 aromatic carbocycles. The minimum Gasteiger partial charge on any atom is -0.473 e. The lowest BCUT2D eigenvalue weighted by atomic mass is 10.3. The number of ether oxygens (including phenoxy) is 1. The zero-order chi connectivity index (χ0) is 11.5. The predicted octanol–water partition coefficient (Wildman–Crippen LogP) is 1.70. The van der Waals surface area contributed by atoms with Crippen LogP contribution in [0.25, 0.3) is 5.65 Å². The summed E-state index contributed by atoms with van der Waals surface area (Å²) in [5.41, 5.74) is 1.79. The molecule has 0 aliphatic rings. The van der Waals surface area contributed by atoms with Crippen molar-refractivity contribution in [3.63, 3.8) is 0 Å². The maximum Gasteiger partial charge on any atom is 0.213 e. The number of fused-ring (bicyclic) bond motifs is 1. The summed E-state index contributed by atoms with van der Waals surface area (Å²) >= 11 is 0. The smallest absolute Gasteiger partial charge is 0.213 e. The van der Waals surface area contributed by atoms with Crippen LogP contribution in [0.1, 0.15) is 5.56 Å². The zero-order valence-corrected chi connectivity index (χ0v) is 9.02. The Bertz CT molecular complexity index is 620. The lowest BCUT2D eigenvalue weighted by Gasteiger charge is -2.05. The summed E-state index contributed by atoms with van der Waals surface area (Å²) in [6, 6.07) is 9.45. The van der Waals surface area contributed by atoms with E-state index in [0.717, 1.165) is 11.2 Å². The number of pyridine rings is 2. The molecular weight excluding hydrogens is 216 g/mol. The van der Waals surface area contributed by atoms with Crippen LogP contribution in [0.2, 0.25) is 0 Å². The third kappa shape index (κ3) is 1.94. The number of hydrogen-bond acceptors (Lipinski definition) is 4. The van der Waals surface area contributed by atoms with Gasteiger partial charge in [0.2, 0.25) is 5.88 Å². The summed E-state index contributed by atoms with van der Waals surface area (Å²) in [6.07, 6.45) is 5.08. The molecule has 0 unspecified atom stereocenters. The first-order valence-electron chi connectivity index (χ1n) is 5.24. The van der Waals surface area contributed by atoms with Crippen LogP contribution in [-0.2, 0) is 6.61 Å². The largest absolute Gasteiger partial charge is 0.473 e. The van der Waals surface area contributed by atoms with Crippen molar-refractivity contribution < 1.29 is 4.74 Å². The molecule has 0 N–H and O–H groups in total. The second-order valence-electron chi connectivity index (χ2n) is 3.52. The highest BCUT2D eigenvalue weighted by Gasteiger charge is 2.03. The molecule has 0 saturated heterocycles. The van der Waals surface area contributed by atoms with Gasteiger partial charge in [-0.05, 0) is 12.1 Å². The molecule has 0 radical (unpaired) electrons. The highest BCUT2D eigenvalue weighted by Crippen LogP contribution is 2.11. The normalized spacial score (nSPS) is 10.6. The standard InChI is InChI=1S/C12H10N4O/c1-2-6-13-11(5-1)17-8-10-4-3-7-16-12(10)14-9-15-16/h1-7,9H,8H2. The topological polar surface area (TPSA) is 52.3 Å². The summed E-state index contributed by atoms with van der Waals surface area (Å²) in [5.74, 6) is 0.606. The number of rotatable bonds is 3. The quantitative estimate of drug-likeness (QED) is 0.682. The molecule has 3 heterocycles. The van der Waals surface area contributed by atoms with Crippen LogP contribution in [-0.4, -0.2) is 19.6 Å². The van der Waals surface area contributed by atoms with Gasteiger partial charge >= 0.3 is 0 Å². The van der Waals surface area contributed by atoms with Gasteiger partial charge in [-0.2, -0.15) is 5.10 Å². The van der Waals surface area contributed by atoms with Gasteiger partial charge in [0.05, 0.1) is 0 Å². The number of aromatic nitrogens is 4. The van der Waals surface area contributed by atoms with Crippen molar-refractivity contribution in [1.29, 1.82) is 0 Å². The second kappa shape index (κ2) is 4.21. The lowest BCUT2D eigenvalue weighted by molar-refractivity contribution is 0.294. The highest BCUT2D eigenvalue weighted by atomic mass is 16.5. The van der Waals surface area contributed by atoms with Crippen molar-refractivity contribution in [3.8, 4) is 5.88 Å². The van der Waals surface area contributed by atoms with Crippen LogP contribution >= 0.6 is 0 Å². The number of nitrogens with zero attached hydrogens (tertiary/aromatic N) is 4. The Morgan fingerprint density at radius 2 is 2.12 bits per heavy atom. The van der Waals surface area contributed by atoms with Crippen LogP contribution < -0.4 is 4.74 Å². The van der Waals surface area contributed by atoms with Crippen LogP contribution in [0.4, 0.5) is 0 Å². The number of hydrogen-bond donors (Lipinski definition) is 0. The van der Waals surface area contributed by atoms with Crippen molar-refractivity contribution in [2.24, 2.45) is 0 Å². The van der Waals surface area contributed by atoms with Gasteiger partial charge in [0.15, 0.2) is 5.65 Å². The third-order valence-corrected chi connectivity index (χ3v) is 2.40. The van der Waals surface area contributed by atoms with E-state index in [1.54, 1.807) is 10.7 Å². The summed E-state index contributed by atoms with van der Waals surface area (Å²) in [5, 5.41) is 4.07. The van der Waals surface area contributed by atoms with Crippen molar-refractivity contribution >= 4 is 5.65 Å². The summed E-state index contributed by atoms with van der Waals surface area (Å²) in [6.45, 7) is 0.431. The molecular formula is C12H10N4O. The van der Waals surface area contributed by atoms with Gasteiger partial charge in [0.1, 0.15) is 12.9 Å². The fourth-order valence-electron chi connectivity index (χ4n) is 1.60. The maximum absolute atomic E-state index is 5.58. The van der Waals surface area contributed by atoms with Crippen molar-refractivity contribution in [2.45, 2.75) is 6.61 Å². The molecule has 0 amide bonds. The van der Waals surface area contributed by atoms with E-state index in [9.17, 15) is 0 Å². The molecule has 0 atom stereocenters. The molecule has 0 aliphatic carbocycles. The molecule has 3 aromatic rings. The van der Waals surface area contributed by atoms with Crippen molar-refractivity contribution in [2.75, 3.05) is 0 Å². The fourth-order valence-corrected chi connectivity index (χ4v) is 1.60. The van der Waals surface area contributed by atoms with Crippen LogP contribution in [0, 0.1) is 0 Å². The zero-order valence-electron chi connectivity index (χ0n) is 9.02. The molecule has 0 fully saturated rings. The average molecular weight is 226 g/mol. The van der Waals surface area contributed by atoms with Crippen LogP contribution in [0.3, 0.4) is 0 Å². The Hall–Kier alpha value is -2.43. The van der Waals surface area contributed by atoms with Gasteiger partial charge in [0.25, 0.3) is 0 Å². The summed E-state index contributed by atoms with van der Waals surface area (Å²) in [4.78, 5) is 8.28. The van der Waals surface area contributed by atoms with Crippen molar-refractivity contribution in [3.05, 3.63) is 54.6 Å². The molecule has 0 spiro atoms. The maximum atomic E-state index is 5.58. The molecule has 0 saturated carbocycles. The summed E-state index contributed by atoms with van der Waals surface area (Å²) in [7, 11) is 0. The molecule has 3 rings (SSSR count). The van der Waals surface area contributed by atoms with Gasteiger partial charge in [-0.15, -0.1) is 0 Å². The van der Waals surface area contributed by atoms with Gasteiger partial charge in [-0.25, -0.2) is 14.5 Å². The lowest BCUT2D eigenvalue weighted by Crippen LogP contribution is -2.00. The molecule has 17 heavy (non-hydrogen) atoms. The van der Waals surface area contributed by atoms with Crippen molar-refractivity contribution in [1.82, 2.24) is 19.6 Å². The molecule has 5 heteroatoms. The molecule has 5 nitrogen and oxygen atoms in total. The minimum absolute atomic E-state index is 0.431. The summed E-state index contributed by atoms with van der Waals surface area (Å²) < 4.78 is 7.30. The SMILES string of the molecule is c1ccc(OCc2cccn3ncnc23)nc1. The van der Waals surface area contributed by atoms with Crippen LogP contribution in [0.5, 0.6) is 5.88 Å². The Labute approximate surface area is 97.7 Å². The van der Waals surface area contributed by atoms with E-state index >= 15 is 0 Å².